The molecule has 0 amide bonds. The van der Waals surface area contributed by atoms with E-state index in [4.69, 9.17) is 11.6 Å². The number of likely N-dealkylation sites (tertiary alicyclic amines) is 1. The number of piperidine rings is 1. The molecule has 1 aliphatic heterocycles. The first-order valence-electron chi connectivity index (χ1n) is 8.25. The van der Waals surface area contributed by atoms with E-state index in [1.807, 2.05) is 12.1 Å². The molecular weight excluding hydrogens is 290 g/mol. The Balaban J connectivity index is 1.64. The average molecular weight is 315 g/mol. The minimum atomic E-state index is 0.399. The van der Waals surface area contributed by atoms with Gasteiger partial charge in [0.15, 0.2) is 0 Å². The number of nitrogens with one attached hydrogen (secondary N) is 1. The Hall–Kier alpha value is -1.31. The molecular formula is C20H25ClN+. The lowest BCUT2D eigenvalue weighted by molar-refractivity contribution is -0.926. The molecule has 2 aromatic carbocycles. The van der Waals surface area contributed by atoms with Crippen molar-refractivity contribution >= 4 is 11.6 Å². The standard InChI is InChI=1S/C20H24ClN/c1-20(14-17-8-10-19(21)11-9-17)12-5-13-22(16-20)15-18-6-3-2-4-7-18/h2-4,6-11H,5,12-16H2,1H3/p+1. The van der Waals surface area contributed by atoms with Crippen LogP contribution in [0.5, 0.6) is 0 Å². The molecule has 1 fully saturated rings. The largest absolute Gasteiger partial charge is 0.331 e. The van der Waals surface area contributed by atoms with Gasteiger partial charge in [-0.1, -0.05) is 61.0 Å². The first kappa shape index (κ1) is 15.6. The Morgan fingerprint density at radius 3 is 2.45 bits per heavy atom. The fourth-order valence-electron chi connectivity index (χ4n) is 3.83. The van der Waals surface area contributed by atoms with Gasteiger partial charge in [-0.15, -0.1) is 0 Å². The molecule has 2 aromatic rings. The molecule has 1 heterocycles. The zero-order valence-corrected chi connectivity index (χ0v) is 14.1. The van der Waals surface area contributed by atoms with E-state index in [1.165, 1.54) is 37.1 Å². The third kappa shape index (κ3) is 4.12. The van der Waals surface area contributed by atoms with Crippen LogP contribution in [0, 0.1) is 5.41 Å². The SMILES string of the molecule is CC1(Cc2ccc(Cl)cc2)CCC[NH+](Cc2ccccc2)C1. The molecule has 0 saturated carbocycles. The minimum absolute atomic E-state index is 0.399. The molecule has 2 atom stereocenters. The maximum Gasteiger partial charge on any atom is 0.103 e. The zero-order valence-electron chi connectivity index (χ0n) is 13.3. The quantitative estimate of drug-likeness (QED) is 0.876. The van der Waals surface area contributed by atoms with Crippen molar-refractivity contribution in [1.82, 2.24) is 0 Å². The Labute approximate surface area is 138 Å². The van der Waals surface area contributed by atoms with E-state index in [9.17, 15) is 0 Å². The van der Waals surface area contributed by atoms with Gasteiger partial charge in [-0.05, 0) is 37.0 Å². The second-order valence-corrected chi connectivity index (χ2v) is 7.49. The first-order valence-corrected chi connectivity index (χ1v) is 8.63. The van der Waals surface area contributed by atoms with E-state index in [2.05, 4.69) is 49.4 Å². The summed E-state index contributed by atoms with van der Waals surface area (Å²) in [5, 5.41) is 0.828. The fourth-order valence-corrected chi connectivity index (χ4v) is 3.95. The highest BCUT2D eigenvalue weighted by atomic mass is 35.5. The Bertz CT molecular complexity index is 593. The number of hydrogen-bond acceptors (Lipinski definition) is 0. The van der Waals surface area contributed by atoms with Crippen molar-refractivity contribution in [2.24, 2.45) is 5.41 Å². The molecule has 2 heteroatoms. The van der Waals surface area contributed by atoms with E-state index < -0.39 is 0 Å². The molecule has 0 spiro atoms. The summed E-state index contributed by atoms with van der Waals surface area (Å²) in [6.07, 6.45) is 3.81. The Morgan fingerprint density at radius 2 is 1.73 bits per heavy atom. The van der Waals surface area contributed by atoms with Crippen LogP contribution in [0.4, 0.5) is 0 Å². The summed E-state index contributed by atoms with van der Waals surface area (Å²) in [5.74, 6) is 0. The monoisotopic (exact) mass is 314 g/mol. The highest BCUT2D eigenvalue weighted by molar-refractivity contribution is 6.30. The van der Waals surface area contributed by atoms with Gasteiger partial charge in [0.25, 0.3) is 0 Å². The van der Waals surface area contributed by atoms with Gasteiger partial charge in [-0.25, -0.2) is 0 Å². The van der Waals surface area contributed by atoms with Gasteiger partial charge in [0.2, 0.25) is 0 Å². The molecule has 3 rings (SSSR count). The lowest BCUT2D eigenvalue weighted by Crippen LogP contribution is -3.13. The fraction of sp³-hybridized carbons (Fsp3) is 0.400. The number of rotatable bonds is 4. The second kappa shape index (κ2) is 6.85. The average Bonchev–Trinajstić information content (AvgIpc) is 2.50. The van der Waals surface area contributed by atoms with Crippen LogP contribution >= 0.6 is 11.6 Å². The van der Waals surface area contributed by atoms with E-state index >= 15 is 0 Å². The molecule has 0 radical (unpaired) electrons. The molecule has 1 N–H and O–H groups in total. The summed E-state index contributed by atoms with van der Waals surface area (Å²) in [4.78, 5) is 1.72. The lowest BCUT2D eigenvalue weighted by atomic mass is 9.77. The summed E-state index contributed by atoms with van der Waals surface area (Å²) in [6.45, 7) is 6.15. The summed E-state index contributed by atoms with van der Waals surface area (Å²) in [5.41, 5.74) is 3.26. The van der Waals surface area contributed by atoms with Gasteiger partial charge in [0.05, 0.1) is 13.1 Å². The maximum absolute atomic E-state index is 6.00. The van der Waals surface area contributed by atoms with Crippen molar-refractivity contribution in [2.45, 2.75) is 32.7 Å². The van der Waals surface area contributed by atoms with Crippen LogP contribution in [-0.2, 0) is 13.0 Å². The molecule has 1 aliphatic rings. The predicted octanol–water partition coefficient (Wildman–Crippen LogP) is 3.77. The highest BCUT2D eigenvalue weighted by Crippen LogP contribution is 2.29. The van der Waals surface area contributed by atoms with Crippen molar-refractivity contribution in [3.63, 3.8) is 0 Å². The van der Waals surface area contributed by atoms with Crippen molar-refractivity contribution < 1.29 is 4.90 Å². The Kier molecular flexibility index (Phi) is 4.85. The second-order valence-electron chi connectivity index (χ2n) is 7.06. The number of quaternary nitrogens is 1. The maximum atomic E-state index is 6.00. The predicted molar refractivity (Wildman–Crippen MR) is 93.3 cm³/mol. The van der Waals surface area contributed by atoms with Gasteiger partial charge >= 0.3 is 0 Å². The molecule has 2 unspecified atom stereocenters. The number of hydrogen-bond donors (Lipinski definition) is 1. The van der Waals surface area contributed by atoms with Crippen molar-refractivity contribution in [3.05, 3.63) is 70.7 Å². The third-order valence-electron chi connectivity index (χ3n) is 4.83. The topological polar surface area (TPSA) is 4.44 Å². The molecule has 1 saturated heterocycles. The Morgan fingerprint density at radius 1 is 1.00 bits per heavy atom. The van der Waals surface area contributed by atoms with Crippen molar-refractivity contribution in [1.29, 1.82) is 0 Å². The van der Waals surface area contributed by atoms with Gasteiger partial charge in [-0.3, -0.25) is 0 Å². The summed E-state index contributed by atoms with van der Waals surface area (Å²) >= 11 is 6.00. The smallest absolute Gasteiger partial charge is 0.103 e. The molecule has 116 valence electrons. The lowest BCUT2D eigenvalue weighted by Gasteiger charge is -2.38. The van der Waals surface area contributed by atoms with E-state index in [-0.39, 0.29) is 0 Å². The molecule has 0 aliphatic carbocycles. The number of benzene rings is 2. The van der Waals surface area contributed by atoms with Crippen LogP contribution in [0.1, 0.15) is 30.9 Å². The summed E-state index contributed by atoms with van der Waals surface area (Å²) in [6, 6.07) is 19.3. The van der Waals surface area contributed by atoms with E-state index in [0.717, 1.165) is 18.0 Å². The van der Waals surface area contributed by atoms with E-state index in [0.29, 0.717) is 5.41 Å². The minimum Gasteiger partial charge on any atom is -0.331 e. The first-order chi connectivity index (χ1) is 10.6. The van der Waals surface area contributed by atoms with Crippen LogP contribution in [0.25, 0.3) is 0 Å². The molecule has 0 aromatic heterocycles. The van der Waals surface area contributed by atoms with Crippen molar-refractivity contribution in [3.8, 4) is 0 Å². The van der Waals surface area contributed by atoms with Crippen LogP contribution in [0.3, 0.4) is 0 Å². The van der Waals surface area contributed by atoms with Crippen LogP contribution < -0.4 is 4.90 Å². The van der Waals surface area contributed by atoms with E-state index in [1.54, 1.807) is 4.90 Å². The van der Waals surface area contributed by atoms with Crippen LogP contribution in [0.2, 0.25) is 5.02 Å². The molecule has 0 bridgehead atoms. The summed E-state index contributed by atoms with van der Waals surface area (Å²) in [7, 11) is 0. The number of halogens is 1. The van der Waals surface area contributed by atoms with Gasteiger partial charge in [0.1, 0.15) is 6.54 Å². The molecule has 22 heavy (non-hydrogen) atoms. The normalized spacial score (nSPS) is 25.1. The van der Waals surface area contributed by atoms with Crippen molar-refractivity contribution in [2.75, 3.05) is 13.1 Å². The zero-order chi connectivity index (χ0) is 15.4. The third-order valence-corrected chi connectivity index (χ3v) is 5.08. The highest BCUT2D eigenvalue weighted by Gasteiger charge is 2.34. The molecule has 1 nitrogen and oxygen atoms in total. The van der Waals surface area contributed by atoms with Crippen LogP contribution in [-0.4, -0.2) is 13.1 Å². The van der Waals surface area contributed by atoms with Crippen LogP contribution in [0.15, 0.2) is 54.6 Å². The van der Waals surface area contributed by atoms with Gasteiger partial charge < -0.3 is 4.90 Å². The van der Waals surface area contributed by atoms with Gasteiger partial charge in [0, 0.05) is 16.0 Å². The summed E-state index contributed by atoms with van der Waals surface area (Å²) < 4.78 is 0. The van der Waals surface area contributed by atoms with Gasteiger partial charge in [-0.2, -0.15) is 0 Å².